The largest absolute Gasteiger partial charge is 0.872 e. The van der Waals surface area contributed by atoms with Crippen molar-refractivity contribution in [3.63, 3.8) is 0 Å². The number of hydrogen-bond donors (Lipinski definition) is 0. The third-order valence-corrected chi connectivity index (χ3v) is 6.57. The summed E-state index contributed by atoms with van der Waals surface area (Å²) in [5, 5.41) is 22.8. The average Bonchev–Trinajstić information content (AvgIpc) is 2.68. The molecular weight excluding hydrogens is 382 g/mol. The molecule has 0 aromatic heterocycles. The van der Waals surface area contributed by atoms with Crippen molar-refractivity contribution in [1.29, 1.82) is 0 Å². The second-order valence-electron chi connectivity index (χ2n) is 6.65. The van der Waals surface area contributed by atoms with Gasteiger partial charge in [0.25, 0.3) is 5.69 Å². The third kappa shape index (κ3) is 4.20. The first-order valence-corrected chi connectivity index (χ1v) is 10.3. The van der Waals surface area contributed by atoms with Gasteiger partial charge in [-0.1, -0.05) is 24.3 Å². The van der Waals surface area contributed by atoms with Gasteiger partial charge in [0, 0.05) is 31.4 Å². The molecule has 0 unspecified atom stereocenters. The van der Waals surface area contributed by atoms with Gasteiger partial charge in [0.1, 0.15) is 0 Å². The molecule has 28 heavy (non-hydrogen) atoms. The van der Waals surface area contributed by atoms with Gasteiger partial charge in [-0.15, -0.1) is 0 Å². The van der Waals surface area contributed by atoms with E-state index in [2.05, 4.69) is 4.99 Å². The number of nitro groups is 1. The molecule has 3 rings (SSSR count). The Labute approximate surface area is 163 Å². The second kappa shape index (κ2) is 8.07. The van der Waals surface area contributed by atoms with Crippen molar-refractivity contribution in [3.05, 3.63) is 57.6 Å². The van der Waals surface area contributed by atoms with Crippen LogP contribution in [-0.2, 0) is 10.0 Å². The lowest BCUT2D eigenvalue weighted by Crippen LogP contribution is -2.35. The molecule has 1 saturated heterocycles. The Bertz CT molecular complexity index is 1030. The van der Waals surface area contributed by atoms with Crippen LogP contribution in [0.25, 0.3) is 0 Å². The number of sulfonamides is 1. The predicted octanol–water partition coefficient (Wildman–Crippen LogP) is 2.90. The molecule has 8 nitrogen and oxygen atoms in total. The standard InChI is InChI=1S/C19H21N3O5S/c1-14-5-7-17(28(26,27)21-9-3-2-4-10-21)12-18(14)20-13-15-11-16(22(24)25)6-8-19(15)23/h5-8,11-13,23H,2-4,9-10H2,1H3/p-1. The number of rotatable bonds is 5. The van der Waals surface area contributed by atoms with Gasteiger partial charge in [-0.3, -0.25) is 15.1 Å². The first-order chi connectivity index (χ1) is 13.3. The summed E-state index contributed by atoms with van der Waals surface area (Å²) in [6, 6.07) is 8.08. The maximum absolute atomic E-state index is 12.8. The van der Waals surface area contributed by atoms with Gasteiger partial charge in [-0.25, -0.2) is 8.42 Å². The minimum absolute atomic E-state index is 0.0675. The molecule has 0 amide bonds. The number of nitro benzene ring substituents is 1. The molecule has 0 aliphatic carbocycles. The zero-order valence-electron chi connectivity index (χ0n) is 15.4. The van der Waals surface area contributed by atoms with Crippen molar-refractivity contribution < 1.29 is 18.4 Å². The quantitative estimate of drug-likeness (QED) is 0.433. The van der Waals surface area contributed by atoms with E-state index in [9.17, 15) is 23.6 Å². The molecule has 9 heteroatoms. The average molecular weight is 402 g/mol. The number of hydrogen-bond acceptors (Lipinski definition) is 6. The Hall–Kier alpha value is -2.78. The highest BCUT2D eigenvalue weighted by molar-refractivity contribution is 7.89. The number of piperidine rings is 1. The van der Waals surface area contributed by atoms with E-state index in [4.69, 9.17) is 0 Å². The first kappa shape index (κ1) is 20.0. The zero-order chi connectivity index (χ0) is 20.3. The number of aryl methyl sites for hydroxylation is 1. The van der Waals surface area contributed by atoms with E-state index in [1.807, 2.05) is 0 Å². The molecule has 148 valence electrons. The molecule has 0 bridgehead atoms. The molecule has 1 fully saturated rings. The summed E-state index contributed by atoms with van der Waals surface area (Å²) < 4.78 is 27.2. The Morgan fingerprint density at radius 2 is 1.82 bits per heavy atom. The molecule has 0 radical (unpaired) electrons. The van der Waals surface area contributed by atoms with Gasteiger partial charge in [0.2, 0.25) is 10.0 Å². The summed E-state index contributed by atoms with van der Waals surface area (Å²) in [6.07, 6.45) is 3.94. The fraction of sp³-hybridized carbons (Fsp3) is 0.316. The second-order valence-corrected chi connectivity index (χ2v) is 8.59. The summed E-state index contributed by atoms with van der Waals surface area (Å²) in [4.78, 5) is 14.7. The molecule has 2 aromatic rings. The SMILES string of the molecule is Cc1ccc(S(=O)(=O)N2CCCCC2)cc1N=Cc1cc([N+](=O)[O-])ccc1[O-]. The van der Waals surface area contributed by atoms with Crippen molar-refractivity contribution in [3.8, 4) is 5.75 Å². The Morgan fingerprint density at radius 3 is 2.50 bits per heavy atom. The van der Waals surface area contributed by atoms with E-state index >= 15 is 0 Å². The number of non-ortho nitro benzene ring substituents is 1. The lowest BCUT2D eigenvalue weighted by atomic mass is 10.2. The van der Waals surface area contributed by atoms with Crippen LogP contribution in [0, 0.1) is 17.0 Å². The predicted molar refractivity (Wildman–Crippen MR) is 104 cm³/mol. The van der Waals surface area contributed by atoms with Crippen LogP contribution >= 0.6 is 0 Å². The van der Waals surface area contributed by atoms with E-state index in [0.29, 0.717) is 18.8 Å². The molecule has 0 spiro atoms. The van der Waals surface area contributed by atoms with E-state index in [-0.39, 0.29) is 16.1 Å². The summed E-state index contributed by atoms with van der Waals surface area (Å²) in [5.74, 6) is -0.399. The van der Waals surface area contributed by atoms with Gasteiger partial charge in [-0.2, -0.15) is 4.31 Å². The van der Waals surface area contributed by atoms with E-state index in [1.165, 1.54) is 16.6 Å². The topological polar surface area (TPSA) is 116 Å². The minimum atomic E-state index is -3.60. The van der Waals surface area contributed by atoms with Crippen LogP contribution in [0.15, 0.2) is 46.3 Å². The molecule has 1 aliphatic rings. The van der Waals surface area contributed by atoms with Crippen LogP contribution in [0.5, 0.6) is 5.75 Å². The van der Waals surface area contributed by atoms with Crippen LogP contribution in [-0.4, -0.2) is 37.0 Å². The highest BCUT2D eigenvalue weighted by atomic mass is 32.2. The monoisotopic (exact) mass is 402 g/mol. The summed E-state index contributed by atoms with van der Waals surface area (Å²) >= 11 is 0. The normalized spacial score (nSPS) is 15.8. The van der Waals surface area contributed by atoms with Crippen molar-refractivity contribution >= 4 is 27.6 Å². The Morgan fingerprint density at radius 1 is 1.11 bits per heavy atom. The molecule has 1 heterocycles. The summed E-state index contributed by atoms with van der Waals surface area (Å²) in [6.45, 7) is 2.78. The lowest BCUT2D eigenvalue weighted by molar-refractivity contribution is -0.385. The highest BCUT2D eigenvalue weighted by Crippen LogP contribution is 2.27. The van der Waals surface area contributed by atoms with E-state index in [1.54, 1.807) is 19.1 Å². The maximum atomic E-state index is 12.8. The van der Waals surface area contributed by atoms with Crippen molar-refractivity contribution in [1.82, 2.24) is 4.31 Å². The van der Waals surface area contributed by atoms with Gasteiger partial charge in [0.05, 0.1) is 15.5 Å². The summed E-state index contributed by atoms with van der Waals surface area (Å²) in [7, 11) is -3.60. The van der Waals surface area contributed by atoms with Crippen LogP contribution in [0.1, 0.15) is 30.4 Å². The lowest BCUT2D eigenvalue weighted by Gasteiger charge is -2.26. The van der Waals surface area contributed by atoms with Crippen LogP contribution in [0.4, 0.5) is 11.4 Å². The van der Waals surface area contributed by atoms with E-state index < -0.39 is 20.7 Å². The highest BCUT2D eigenvalue weighted by Gasteiger charge is 2.26. The molecule has 0 saturated carbocycles. The minimum Gasteiger partial charge on any atom is -0.872 e. The van der Waals surface area contributed by atoms with Crippen LogP contribution in [0.2, 0.25) is 0 Å². The molecule has 0 atom stereocenters. The molecular formula is C19H20N3O5S-. The van der Waals surface area contributed by atoms with Crippen LogP contribution < -0.4 is 5.11 Å². The Balaban J connectivity index is 1.93. The van der Waals surface area contributed by atoms with E-state index in [0.717, 1.165) is 43.0 Å². The maximum Gasteiger partial charge on any atom is 0.270 e. The molecule has 1 aliphatic heterocycles. The number of aliphatic imine (C=N–C) groups is 1. The van der Waals surface area contributed by atoms with Crippen molar-refractivity contribution in [2.24, 2.45) is 4.99 Å². The van der Waals surface area contributed by atoms with Gasteiger partial charge >= 0.3 is 0 Å². The first-order valence-electron chi connectivity index (χ1n) is 8.89. The smallest absolute Gasteiger partial charge is 0.270 e. The van der Waals surface area contributed by atoms with Gasteiger partial charge in [-0.05, 0) is 43.0 Å². The molecule has 0 N–H and O–H groups in total. The third-order valence-electron chi connectivity index (χ3n) is 4.68. The number of benzene rings is 2. The van der Waals surface area contributed by atoms with Gasteiger partial charge in [0.15, 0.2) is 0 Å². The fourth-order valence-corrected chi connectivity index (χ4v) is 4.57. The van der Waals surface area contributed by atoms with Crippen LogP contribution in [0.3, 0.4) is 0 Å². The fourth-order valence-electron chi connectivity index (χ4n) is 3.03. The van der Waals surface area contributed by atoms with Crippen molar-refractivity contribution in [2.45, 2.75) is 31.1 Å². The zero-order valence-corrected chi connectivity index (χ0v) is 16.2. The van der Waals surface area contributed by atoms with Gasteiger partial charge < -0.3 is 5.11 Å². The molecule has 2 aromatic carbocycles. The Kier molecular flexibility index (Phi) is 5.76. The summed E-state index contributed by atoms with van der Waals surface area (Å²) in [5.41, 5.74) is 0.979. The number of nitrogens with zero attached hydrogens (tertiary/aromatic N) is 3. The van der Waals surface area contributed by atoms with Crippen molar-refractivity contribution in [2.75, 3.05) is 13.1 Å².